The van der Waals surface area contributed by atoms with Crippen LogP contribution in [-0.2, 0) is 54.6 Å². The fourth-order valence-corrected chi connectivity index (χ4v) is 4.52. The summed E-state index contributed by atoms with van der Waals surface area (Å²) in [6, 6.07) is 13.5. The summed E-state index contributed by atoms with van der Waals surface area (Å²) in [6.45, 7) is 1.38. The Bertz CT molecular complexity index is 2110. The molecule has 9 nitrogen and oxygen atoms in total. The van der Waals surface area contributed by atoms with Gasteiger partial charge in [0.05, 0.1) is 5.56 Å². The van der Waals surface area contributed by atoms with Gasteiger partial charge in [-0.15, -0.1) is 0 Å². The SMILES string of the molecule is Cc1cc(COC(=O)C([O-])(C(F)(F)F)C(F)(F)F)cc(C(F)(F)F)c1.Cc1ccc(COC(=O)C([O-])(C(F)(F)F)C(F)(F)F)cc1.Cc1cccc(COC(=O)C([O-])(C(F)(F)F)C(F)(F)F)c1. The van der Waals surface area contributed by atoms with Gasteiger partial charge in [0.1, 0.15) is 19.8 Å². The summed E-state index contributed by atoms with van der Waals surface area (Å²) in [5.74, 6) is -9.06. The Kier molecular flexibility index (Phi) is 18.5. The molecule has 0 fully saturated rings. The number of carbonyl (C=O) groups excluding carboxylic acids is 3. The number of carbonyl (C=O) groups is 3. The number of rotatable bonds is 9. The Morgan fingerprint density at radius 1 is 0.388 bits per heavy atom. The third-order valence-electron chi connectivity index (χ3n) is 8.03. The van der Waals surface area contributed by atoms with Crippen molar-refractivity contribution in [2.75, 3.05) is 0 Å². The molecule has 0 aliphatic heterocycles. The maximum atomic E-state index is 12.6. The van der Waals surface area contributed by atoms with E-state index in [9.17, 15) is 122 Å². The molecule has 3 rings (SSSR count). The largest absolute Gasteiger partial charge is 0.828 e. The summed E-state index contributed by atoms with van der Waals surface area (Å²) in [4.78, 5) is 33.2. The summed E-state index contributed by atoms with van der Waals surface area (Å²) in [5.41, 5.74) is -17.7. The molecule has 0 aliphatic carbocycles. The second-order valence-corrected chi connectivity index (χ2v) is 13.4. The van der Waals surface area contributed by atoms with Crippen LogP contribution < -0.4 is 15.3 Å². The first-order chi connectivity index (χ1) is 29.8. The molecule has 0 heterocycles. The van der Waals surface area contributed by atoms with E-state index in [2.05, 4.69) is 14.2 Å². The van der Waals surface area contributed by atoms with Gasteiger partial charge in [0.25, 0.3) is 0 Å². The second-order valence-electron chi connectivity index (χ2n) is 13.4. The number of alkyl halides is 21. The quantitative estimate of drug-likeness (QED) is 0.119. The number of esters is 3. The molecule has 0 bridgehead atoms. The lowest BCUT2D eigenvalue weighted by Gasteiger charge is -2.40. The fourth-order valence-electron chi connectivity index (χ4n) is 4.52. The molecule has 0 unspecified atom stereocenters. The summed E-state index contributed by atoms with van der Waals surface area (Å²) in [7, 11) is 0. The van der Waals surface area contributed by atoms with Gasteiger partial charge in [0.15, 0.2) is 16.8 Å². The van der Waals surface area contributed by atoms with Crippen LogP contribution in [0.3, 0.4) is 0 Å². The highest BCUT2D eigenvalue weighted by Gasteiger charge is 2.70. The maximum Gasteiger partial charge on any atom is 0.416 e. The van der Waals surface area contributed by atoms with E-state index in [1.165, 1.54) is 49.4 Å². The van der Waals surface area contributed by atoms with Crippen LogP contribution in [0.4, 0.5) is 92.2 Å². The topological polar surface area (TPSA) is 148 Å². The van der Waals surface area contributed by atoms with Crippen molar-refractivity contribution >= 4 is 17.9 Å². The summed E-state index contributed by atoms with van der Waals surface area (Å²) in [6.07, 6.45) is -43.3. The standard InChI is InChI=1S/C13H8F9O3.2C12H9F6O3/c1-6-2-7(4-8(3-6)11(14,15)16)5-25-9(23)10(24,12(17,18)19)13(20,21)22;1-7-2-4-8(5-3-7)6-21-9(19)10(20,11(13,14)15)12(16,17)18;1-7-3-2-4-8(5-7)6-21-9(19)10(20,11(13,14)15)12(16,17)18/h2-4H,5H2,1H3;2*2-5H,6H2,1H3/q3*-1. The van der Waals surface area contributed by atoms with Crippen molar-refractivity contribution in [1.82, 2.24) is 0 Å². The van der Waals surface area contributed by atoms with Crippen LogP contribution in [0.2, 0.25) is 0 Å². The molecular weight excluding hydrogens is 987 g/mol. The van der Waals surface area contributed by atoms with Crippen molar-refractivity contribution in [3.8, 4) is 0 Å². The summed E-state index contributed by atoms with van der Waals surface area (Å²) >= 11 is 0. The molecular formula is C37H26F21O9-3. The van der Waals surface area contributed by atoms with Crippen molar-refractivity contribution in [1.29, 1.82) is 0 Å². The van der Waals surface area contributed by atoms with Gasteiger partial charge in [0, 0.05) is 0 Å². The second kappa shape index (κ2) is 20.8. The molecule has 0 saturated heterocycles. The van der Waals surface area contributed by atoms with E-state index in [1.54, 1.807) is 19.9 Å². The maximum absolute atomic E-state index is 12.6. The Hall–Kier alpha value is -5.52. The van der Waals surface area contributed by atoms with E-state index in [-0.39, 0.29) is 16.7 Å². The van der Waals surface area contributed by atoms with Gasteiger partial charge >= 0.3 is 61.1 Å². The van der Waals surface area contributed by atoms with Crippen molar-refractivity contribution in [3.63, 3.8) is 0 Å². The van der Waals surface area contributed by atoms with Crippen LogP contribution in [0, 0.1) is 20.8 Å². The molecule has 0 saturated carbocycles. The van der Waals surface area contributed by atoms with Crippen LogP contribution in [-0.4, -0.2) is 71.8 Å². The van der Waals surface area contributed by atoms with Gasteiger partial charge in [-0.25, -0.2) is 0 Å². The number of halogens is 21. The zero-order valence-corrected chi connectivity index (χ0v) is 33.1. The van der Waals surface area contributed by atoms with E-state index >= 15 is 0 Å². The van der Waals surface area contributed by atoms with Crippen molar-refractivity contribution in [2.24, 2.45) is 0 Å². The third-order valence-corrected chi connectivity index (χ3v) is 8.03. The molecule has 67 heavy (non-hydrogen) atoms. The normalized spacial score (nSPS) is 13.4. The Morgan fingerprint density at radius 3 is 1.01 bits per heavy atom. The summed E-state index contributed by atoms with van der Waals surface area (Å²) < 4.78 is 271. The lowest BCUT2D eigenvalue weighted by Crippen LogP contribution is -2.71. The number of benzene rings is 3. The van der Waals surface area contributed by atoms with Crippen LogP contribution in [0.5, 0.6) is 0 Å². The average molecular weight is 1010 g/mol. The van der Waals surface area contributed by atoms with Crippen molar-refractivity contribution < 1.29 is 136 Å². The zero-order valence-electron chi connectivity index (χ0n) is 33.1. The van der Waals surface area contributed by atoms with Gasteiger partial charge < -0.3 is 29.5 Å². The molecule has 378 valence electrons. The van der Waals surface area contributed by atoms with Gasteiger partial charge in [-0.05, 0) is 49.6 Å². The van der Waals surface area contributed by atoms with Crippen LogP contribution >= 0.6 is 0 Å². The molecule has 3 aromatic rings. The molecule has 30 heteroatoms. The average Bonchev–Trinajstić information content (AvgIpc) is 3.15. The minimum Gasteiger partial charge on any atom is -0.828 e. The lowest BCUT2D eigenvalue weighted by atomic mass is 10.0. The monoisotopic (exact) mass is 1010 g/mol. The van der Waals surface area contributed by atoms with E-state index in [0.717, 1.165) is 11.6 Å². The number of ether oxygens (including phenoxy) is 3. The molecule has 0 aliphatic rings. The predicted octanol–water partition coefficient (Wildman–Crippen LogP) is 7.80. The highest BCUT2D eigenvalue weighted by molar-refractivity contribution is 5.82. The number of hydrogen-bond donors (Lipinski definition) is 0. The molecule has 0 spiro atoms. The third kappa shape index (κ3) is 14.5. The van der Waals surface area contributed by atoms with Gasteiger partial charge in [-0.1, -0.05) is 71.3 Å². The smallest absolute Gasteiger partial charge is 0.416 e. The number of aryl methyl sites for hydroxylation is 3. The Balaban J connectivity index is 0.000000505. The highest BCUT2D eigenvalue weighted by atomic mass is 19.4. The van der Waals surface area contributed by atoms with Crippen molar-refractivity contribution in [2.45, 2.75) is 101 Å². The highest BCUT2D eigenvalue weighted by Crippen LogP contribution is 2.44. The van der Waals surface area contributed by atoms with Gasteiger partial charge in [0.2, 0.25) is 0 Å². The van der Waals surface area contributed by atoms with E-state index < -0.39 is 109 Å². The van der Waals surface area contributed by atoms with E-state index in [1.807, 2.05) is 0 Å². The van der Waals surface area contributed by atoms with Gasteiger partial charge in [-0.3, -0.25) is 14.4 Å². The van der Waals surface area contributed by atoms with E-state index in [4.69, 9.17) is 0 Å². The summed E-state index contributed by atoms with van der Waals surface area (Å²) in [5, 5.41) is 33.1. The minimum atomic E-state index is -6.55. The van der Waals surface area contributed by atoms with Crippen LogP contribution in [0.25, 0.3) is 0 Å². The van der Waals surface area contributed by atoms with Crippen LogP contribution in [0.1, 0.15) is 38.9 Å². The molecule has 3 aromatic carbocycles. The van der Waals surface area contributed by atoms with Gasteiger partial charge in [-0.2, -0.15) is 92.2 Å². The first kappa shape index (κ1) is 59.5. The first-order valence-corrected chi connectivity index (χ1v) is 17.1. The minimum absolute atomic E-state index is 0.0408. The number of hydrogen-bond acceptors (Lipinski definition) is 9. The molecule has 0 amide bonds. The Morgan fingerprint density at radius 2 is 0.701 bits per heavy atom. The molecule has 0 radical (unpaired) electrons. The lowest BCUT2D eigenvalue weighted by molar-refractivity contribution is -0.574. The van der Waals surface area contributed by atoms with Crippen molar-refractivity contribution in [3.05, 3.63) is 106 Å². The first-order valence-electron chi connectivity index (χ1n) is 17.1. The van der Waals surface area contributed by atoms with E-state index in [0.29, 0.717) is 17.7 Å². The fraction of sp³-hybridized carbons (Fsp3) is 0.432. The predicted molar refractivity (Wildman–Crippen MR) is 172 cm³/mol. The molecule has 0 N–H and O–H groups in total. The molecule has 0 atom stereocenters. The van der Waals surface area contributed by atoms with Crippen LogP contribution in [0.15, 0.2) is 66.7 Å². The molecule has 0 aromatic heterocycles. The Labute approximate surface area is 360 Å². The zero-order chi connectivity index (χ0) is 52.8.